The van der Waals surface area contributed by atoms with E-state index in [1.165, 1.54) is 31.3 Å². The molecular weight excluding hydrogens is 428 g/mol. The van der Waals surface area contributed by atoms with E-state index in [1.807, 2.05) is 0 Å². The van der Waals surface area contributed by atoms with Crippen molar-refractivity contribution in [2.75, 3.05) is 0 Å². The van der Waals surface area contributed by atoms with Crippen LogP contribution in [0, 0.1) is 29.6 Å². The van der Waals surface area contributed by atoms with Gasteiger partial charge in [0.1, 0.15) is 0 Å². The highest BCUT2D eigenvalue weighted by molar-refractivity contribution is 5.15. The maximum Gasteiger partial charge on any atom is 0.0864 e. The first-order valence-corrected chi connectivity index (χ1v) is 14.6. The van der Waals surface area contributed by atoms with Crippen LogP contribution < -0.4 is 0 Å². The first kappa shape index (κ1) is 29.8. The van der Waals surface area contributed by atoms with Gasteiger partial charge in [-0.1, -0.05) is 81.0 Å². The molecule has 0 bridgehead atoms. The quantitative estimate of drug-likeness (QED) is 0.181. The molecule has 2 rings (SSSR count). The normalized spacial score (nSPS) is 29.3. The second-order valence-electron chi connectivity index (χ2n) is 11.4. The van der Waals surface area contributed by atoms with Crippen molar-refractivity contribution in [3.8, 4) is 0 Å². The van der Waals surface area contributed by atoms with Crippen LogP contribution in [0.5, 0.6) is 0 Å². The van der Waals surface area contributed by atoms with Crippen LogP contribution in [0.2, 0.25) is 0 Å². The predicted molar refractivity (Wildman–Crippen MR) is 152 cm³/mol. The van der Waals surface area contributed by atoms with Gasteiger partial charge in [0.15, 0.2) is 0 Å². The third-order valence-corrected chi connectivity index (χ3v) is 8.11. The van der Waals surface area contributed by atoms with Crippen molar-refractivity contribution in [2.45, 2.75) is 117 Å². The zero-order chi connectivity index (χ0) is 25.5. The Morgan fingerprint density at radius 2 is 1.54 bits per heavy atom. The summed E-state index contributed by atoms with van der Waals surface area (Å²) in [5, 5.41) is 20.4. The average molecular weight is 483 g/mol. The van der Waals surface area contributed by atoms with Crippen molar-refractivity contribution in [3.05, 3.63) is 60.3 Å². The van der Waals surface area contributed by atoms with Gasteiger partial charge in [0.25, 0.3) is 0 Å². The largest absolute Gasteiger partial charge is 0.390 e. The van der Waals surface area contributed by atoms with Crippen molar-refractivity contribution in [1.29, 1.82) is 0 Å². The van der Waals surface area contributed by atoms with E-state index in [1.54, 1.807) is 0 Å². The minimum atomic E-state index is -0.563. The number of hydrogen-bond acceptors (Lipinski definition) is 2. The molecule has 2 nitrogen and oxygen atoms in total. The van der Waals surface area contributed by atoms with E-state index >= 15 is 0 Å². The number of hydrogen-bond donors (Lipinski definition) is 2. The first-order valence-electron chi connectivity index (χ1n) is 14.6. The fraction of sp³-hybridized carbons (Fsp3) is 0.697. The van der Waals surface area contributed by atoms with Crippen molar-refractivity contribution in [1.82, 2.24) is 0 Å². The number of allylic oxidation sites excluding steroid dienone is 9. The lowest BCUT2D eigenvalue weighted by atomic mass is 9.66. The van der Waals surface area contributed by atoms with Crippen molar-refractivity contribution >= 4 is 0 Å². The van der Waals surface area contributed by atoms with Crippen molar-refractivity contribution < 1.29 is 10.2 Å². The van der Waals surface area contributed by atoms with Gasteiger partial charge >= 0.3 is 0 Å². The lowest BCUT2D eigenvalue weighted by molar-refractivity contribution is -0.0586. The van der Waals surface area contributed by atoms with E-state index in [9.17, 15) is 10.2 Å². The summed E-state index contributed by atoms with van der Waals surface area (Å²) >= 11 is 0. The molecule has 0 amide bonds. The van der Waals surface area contributed by atoms with Crippen LogP contribution in [0.15, 0.2) is 60.3 Å². The van der Waals surface area contributed by atoms with Gasteiger partial charge in [0.2, 0.25) is 0 Å². The lowest BCUT2D eigenvalue weighted by Crippen LogP contribution is -2.43. The summed E-state index contributed by atoms with van der Waals surface area (Å²) in [7, 11) is 0. The Kier molecular flexibility index (Phi) is 14.6. The lowest BCUT2D eigenvalue weighted by Gasteiger charge is -2.42. The SMILES string of the molecule is CCC=CCCC=CCC(C)C=CCCC=CCC(C)CCC1CC2CCC(O)C(O)C2C=C1C. The van der Waals surface area contributed by atoms with E-state index in [4.69, 9.17) is 0 Å². The minimum Gasteiger partial charge on any atom is -0.390 e. The minimum absolute atomic E-state index is 0.168. The van der Waals surface area contributed by atoms with Crippen LogP contribution in [0.25, 0.3) is 0 Å². The highest BCUT2D eigenvalue weighted by atomic mass is 16.3. The zero-order valence-electron chi connectivity index (χ0n) is 23.1. The molecular formula is C33H54O2. The molecule has 0 aromatic heterocycles. The van der Waals surface area contributed by atoms with E-state index in [-0.39, 0.29) is 5.92 Å². The van der Waals surface area contributed by atoms with Crippen LogP contribution >= 0.6 is 0 Å². The van der Waals surface area contributed by atoms with Crippen LogP contribution in [-0.4, -0.2) is 22.4 Å². The summed E-state index contributed by atoms with van der Waals surface area (Å²) in [5.41, 5.74) is 1.43. The molecule has 0 radical (unpaired) electrons. The molecule has 0 heterocycles. The Balaban J connectivity index is 1.56. The van der Waals surface area contributed by atoms with Gasteiger partial charge in [-0.25, -0.2) is 0 Å². The van der Waals surface area contributed by atoms with Crippen LogP contribution in [0.1, 0.15) is 105 Å². The maximum atomic E-state index is 10.4. The molecule has 1 saturated carbocycles. The molecule has 0 saturated heterocycles. The molecule has 0 aromatic carbocycles. The average Bonchev–Trinajstić information content (AvgIpc) is 2.84. The Hall–Kier alpha value is -1.38. The van der Waals surface area contributed by atoms with E-state index in [0.29, 0.717) is 17.8 Å². The number of fused-ring (bicyclic) bond motifs is 1. The summed E-state index contributed by atoms with van der Waals surface area (Å²) < 4.78 is 0. The molecule has 1 fully saturated rings. The molecule has 2 aliphatic carbocycles. The van der Waals surface area contributed by atoms with Gasteiger partial charge in [0.05, 0.1) is 12.2 Å². The fourth-order valence-electron chi connectivity index (χ4n) is 5.68. The Morgan fingerprint density at radius 3 is 2.26 bits per heavy atom. The highest BCUT2D eigenvalue weighted by Crippen LogP contribution is 2.43. The molecule has 0 spiro atoms. The second-order valence-corrected chi connectivity index (χ2v) is 11.4. The number of unbranched alkanes of at least 4 members (excludes halogenated alkanes) is 2. The van der Waals surface area contributed by atoms with Crippen LogP contribution in [-0.2, 0) is 0 Å². The first-order chi connectivity index (χ1) is 16.9. The van der Waals surface area contributed by atoms with Gasteiger partial charge < -0.3 is 10.2 Å². The van der Waals surface area contributed by atoms with Crippen molar-refractivity contribution in [2.24, 2.45) is 29.6 Å². The summed E-state index contributed by atoms with van der Waals surface area (Å²) in [6, 6.07) is 0. The molecule has 35 heavy (non-hydrogen) atoms. The van der Waals surface area contributed by atoms with E-state index in [2.05, 4.69) is 82.4 Å². The van der Waals surface area contributed by atoms with Crippen molar-refractivity contribution in [3.63, 3.8) is 0 Å². The van der Waals surface area contributed by atoms with Gasteiger partial charge in [-0.3, -0.25) is 0 Å². The molecule has 2 heteroatoms. The smallest absolute Gasteiger partial charge is 0.0864 e. The van der Waals surface area contributed by atoms with E-state index < -0.39 is 12.2 Å². The Bertz CT molecular complexity index is 713. The third-order valence-electron chi connectivity index (χ3n) is 8.11. The van der Waals surface area contributed by atoms with Gasteiger partial charge in [-0.2, -0.15) is 0 Å². The zero-order valence-corrected chi connectivity index (χ0v) is 23.1. The molecule has 0 aromatic rings. The van der Waals surface area contributed by atoms with Gasteiger partial charge in [-0.05, 0) is 108 Å². The second kappa shape index (κ2) is 17.1. The molecule has 7 atom stereocenters. The number of rotatable bonds is 15. The number of aliphatic hydroxyl groups is 2. The van der Waals surface area contributed by atoms with Crippen LogP contribution in [0.3, 0.4) is 0 Å². The summed E-state index contributed by atoms with van der Waals surface area (Å²) in [4.78, 5) is 0. The summed E-state index contributed by atoms with van der Waals surface area (Å²) in [5.74, 6) is 2.72. The Morgan fingerprint density at radius 1 is 0.886 bits per heavy atom. The molecule has 2 N–H and O–H groups in total. The van der Waals surface area contributed by atoms with E-state index in [0.717, 1.165) is 57.3 Å². The van der Waals surface area contributed by atoms with Gasteiger partial charge in [-0.15, -0.1) is 0 Å². The third kappa shape index (κ3) is 11.5. The highest BCUT2D eigenvalue weighted by Gasteiger charge is 2.40. The standard InChI is InChI=1S/C33H54O2/c1-5-6-7-8-9-11-14-17-26(2)18-15-12-10-13-16-19-27(3)20-21-29-25-30-22-23-32(34)33(35)31(30)24-28(29)4/h6-7,11,13-16,18,24,26-27,29-35H,5,8-10,12,17,19-23,25H2,1-4H3. The molecule has 2 aliphatic rings. The van der Waals surface area contributed by atoms with Gasteiger partial charge in [0, 0.05) is 5.92 Å². The predicted octanol–water partition coefficient (Wildman–Crippen LogP) is 8.73. The molecule has 198 valence electrons. The van der Waals surface area contributed by atoms with Crippen LogP contribution in [0.4, 0.5) is 0 Å². The topological polar surface area (TPSA) is 40.5 Å². The molecule has 7 unspecified atom stereocenters. The number of aliphatic hydroxyl groups excluding tert-OH is 2. The Labute approximate surface area is 217 Å². The summed E-state index contributed by atoms with van der Waals surface area (Å²) in [6.07, 6.45) is 33.4. The molecule has 0 aliphatic heterocycles. The summed E-state index contributed by atoms with van der Waals surface area (Å²) in [6.45, 7) is 9.10. The fourth-order valence-corrected chi connectivity index (χ4v) is 5.68. The maximum absolute atomic E-state index is 10.4. The monoisotopic (exact) mass is 482 g/mol.